The molecule has 0 saturated carbocycles. The van der Waals surface area contributed by atoms with Gasteiger partial charge in [-0.3, -0.25) is 4.79 Å². The fourth-order valence-electron chi connectivity index (χ4n) is 2.02. The summed E-state index contributed by atoms with van der Waals surface area (Å²) >= 11 is 0. The highest BCUT2D eigenvalue weighted by atomic mass is 16.7. The van der Waals surface area contributed by atoms with Crippen LogP contribution in [0.4, 0.5) is 0 Å². The van der Waals surface area contributed by atoms with E-state index in [2.05, 4.69) is 6.07 Å². The molecule has 0 aliphatic carbocycles. The van der Waals surface area contributed by atoms with Crippen molar-refractivity contribution in [2.45, 2.75) is 5.79 Å². The second kappa shape index (κ2) is 5.78. The second-order valence-electron chi connectivity index (χ2n) is 4.01. The molecule has 1 radical (unpaired) electrons. The van der Waals surface area contributed by atoms with Gasteiger partial charge in [0.2, 0.25) is 5.78 Å². The minimum absolute atomic E-state index is 0.238. The van der Waals surface area contributed by atoms with Crippen LogP contribution in [-0.4, -0.2) is 20.0 Å². The summed E-state index contributed by atoms with van der Waals surface area (Å²) in [6.45, 7) is 0. The lowest BCUT2D eigenvalue weighted by atomic mass is 9.96. The summed E-state index contributed by atoms with van der Waals surface area (Å²) in [7, 11) is 2.92. The Labute approximate surface area is 112 Å². The highest BCUT2D eigenvalue weighted by Gasteiger charge is 2.41. The molecule has 19 heavy (non-hydrogen) atoms. The molecule has 0 fully saturated rings. The number of carbonyl (C=O) groups is 1. The first-order valence-corrected chi connectivity index (χ1v) is 5.91. The summed E-state index contributed by atoms with van der Waals surface area (Å²) in [6, 6.07) is 18.8. The average Bonchev–Trinajstić information content (AvgIpc) is 2.51. The van der Waals surface area contributed by atoms with Gasteiger partial charge in [0.15, 0.2) is 0 Å². The Morgan fingerprint density at radius 2 is 1.58 bits per heavy atom. The zero-order valence-electron chi connectivity index (χ0n) is 10.9. The van der Waals surface area contributed by atoms with Crippen molar-refractivity contribution in [3.05, 3.63) is 71.8 Å². The van der Waals surface area contributed by atoms with Crippen LogP contribution in [0.2, 0.25) is 0 Å². The topological polar surface area (TPSA) is 35.5 Å². The van der Waals surface area contributed by atoms with Gasteiger partial charge in [0.25, 0.3) is 5.79 Å². The maximum atomic E-state index is 12.7. The van der Waals surface area contributed by atoms with Crippen molar-refractivity contribution in [1.82, 2.24) is 0 Å². The summed E-state index contributed by atoms with van der Waals surface area (Å²) in [5, 5.41) is 0. The molecule has 0 unspecified atom stereocenters. The average molecular weight is 255 g/mol. The van der Waals surface area contributed by atoms with Gasteiger partial charge in [-0.2, -0.15) is 0 Å². The number of ketones is 1. The molecule has 0 saturated heterocycles. The van der Waals surface area contributed by atoms with Crippen LogP contribution < -0.4 is 0 Å². The van der Waals surface area contributed by atoms with Crippen LogP contribution in [0, 0.1) is 6.07 Å². The number of methoxy groups -OCH3 is 2. The molecule has 0 atom stereocenters. The number of rotatable bonds is 5. The normalized spacial score (nSPS) is 11.3. The molecule has 0 aliphatic heterocycles. The third-order valence-electron chi connectivity index (χ3n) is 3.01. The van der Waals surface area contributed by atoms with Crippen molar-refractivity contribution >= 4 is 5.78 Å². The first kappa shape index (κ1) is 13.5. The molecule has 0 aromatic heterocycles. The molecule has 2 aromatic rings. The summed E-state index contributed by atoms with van der Waals surface area (Å²) in [5.74, 6) is -1.65. The van der Waals surface area contributed by atoms with Crippen LogP contribution in [0.1, 0.15) is 15.9 Å². The predicted octanol–water partition coefficient (Wildman–Crippen LogP) is 2.82. The molecule has 0 N–H and O–H groups in total. The maximum absolute atomic E-state index is 12.7. The highest BCUT2D eigenvalue weighted by Crippen LogP contribution is 2.30. The molecule has 3 nitrogen and oxygen atoms in total. The SMILES string of the molecule is COC(OC)(C(=O)c1cc[c]cc1)c1ccccc1. The van der Waals surface area contributed by atoms with E-state index in [0.717, 1.165) is 0 Å². The second-order valence-corrected chi connectivity index (χ2v) is 4.01. The summed E-state index contributed by atoms with van der Waals surface area (Å²) in [6.07, 6.45) is 0. The molecule has 2 rings (SSSR count). The Morgan fingerprint density at radius 3 is 2.11 bits per heavy atom. The smallest absolute Gasteiger partial charge is 0.260 e. The number of hydrogen-bond donors (Lipinski definition) is 0. The van der Waals surface area contributed by atoms with E-state index in [1.165, 1.54) is 14.2 Å². The van der Waals surface area contributed by atoms with Crippen LogP contribution >= 0.6 is 0 Å². The van der Waals surface area contributed by atoms with Gasteiger partial charge in [0.1, 0.15) is 0 Å². The highest BCUT2D eigenvalue weighted by molar-refractivity contribution is 6.02. The number of ether oxygens (including phenoxy) is 2. The molecule has 2 aromatic carbocycles. The molecule has 0 bridgehead atoms. The number of hydrogen-bond acceptors (Lipinski definition) is 3. The van der Waals surface area contributed by atoms with Gasteiger partial charge in [0, 0.05) is 25.3 Å². The van der Waals surface area contributed by atoms with Crippen LogP contribution in [0.3, 0.4) is 0 Å². The van der Waals surface area contributed by atoms with Gasteiger partial charge >= 0.3 is 0 Å². The van der Waals surface area contributed by atoms with E-state index in [0.29, 0.717) is 11.1 Å². The third kappa shape index (κ3) is 2.43. The molecule has 0 heterocycles. The Balaban J connectivity index is 2.49. The maximum Gasteiger partial charge on any atom is 0.260 e. The molecular weight excluding hydrogens is 240 g/mol. The molecule has 97 valence electrons. The monoisotopic (exact) mass is 255 g/mol. The molecule has 0 amide bonds. The van der Waals surface area contributed by atoms with E-state index in [1.807, 2.05) is 18.2 Å². The number of Topliss-reactive ketones (excluding diaryl/α,β-unsaturated/α-hetero) is 1. The van der Waals surface area contributed by atoms with Crippen LogP contribution in [0.15, 0.2) is 54.6 Å². The van der Waals surface area contributed by atoms with Crippen LogP contribution in [0.25, 0.3) is 0 Å². The van der Waals surface area contributed by atoms with Gasteiger partial charge in [-0.15, -0.1) is 0 Å². The molecule has 3 heteroatoms. The summed E-state index contributed by atoms with van der Waals surface area (Å²) in [4.78, 5) is 12.7. The van der Waals surface area contributed by atoms with Gasteiger partial charge in [0.05, 0.1) is 0 Å². The van der Waals surface area contributed by atoms with Gasteiger partial charge in [-0.05, 0) is 6.07 Å². The Morgan fingerprint density at radius 1 is 1.00 bits per heavy atom. The Bertz CT molecular complexity index is 530. The van der Waals surface area contributed by atoms with Gasteiger partial charge in [-0.1, -0.05) is 54.6 Å². The number of carbonyl (C=O) groups excluding carboxylic acids is 1. The lowest BCUT2D eigenvalue weighted by Gasteiger charge is -2.29. The zero-order chi connectivity index (χ0) is 13.7. The fraction of sp³-hybridized carbons (Fsp3) is 0.188. The number of benzene rings is 2. The van der Waals surface area contributed by atoms with Crippen molar-refractivity contribution in [2.24, 2.45) is 0 Å². The van der Waals surface area contributed by atoms with Gasteiger partial charge in [-0.25, -0.2) is 0 Å². The van der Waals surface area contributed by atoms with Crippen molar-refractivity contribution in [1.29, 1.82) is 0 Å². The van der Waals surface area contributed by atoms with Gasteiger partial charge < -0.3 is 9.47 Å². The Hall–Kier alpha value is -1.97. The fourth-order valence-corrected chi connectivity index (χ4v) is 2.02. The summed E-state index contributed by atoms with van der Waals surface area (Å²) in [5.41, 5.74) is 1.18. The van der Waals surface area contributed by atoms with E-state index >= 15 is 0 Å². The van der Waals surface area contributed by atoms with E-state index in [1.54, 1.807) is 36.4 Å². The van der Waals surface area contributed by atoms with E-state index in [9.17, 15) is 4.79 Å². The minimum Gasteiger partial charge on any atom is -0.343 e. The van der Waals surface area contributed by atoms with Crippen molar-refractivity contribution < 1.29 is 14.3 Å². The van der Waals surface area contributed by atoms with Crippen molar-refractivity contribution in [3.8, 4) is 0 Å². The quantitative estimate of drug-likeness (QED) is 0.608. The van der Waals surface area contributed by atoms with E-state index in [-0.39, 0.29) is 5.78 Å². The van der Waals surface area contributed by atoms with Crippen LogP contribution in [-0.2, 0) is 15.3 Å². The summed E-state index contributed by atoms with van der Waals surface area (Å²) < 4.78 is 10.8. The van der Waals surface area contributed by atoms with E-state index < -0.39 is 5.79 Å². The zero-order valence-corrected chi connectivity index (χ0v) is 10.9. The first-order valence-electron chi connectivity index (χ1n) is 5.91. The van der Waals surface area contributed by atoms with Crippen LogP contribution in [0.5, 0.6) is 0 Å². The van der Waals surface area contributed by atoms with Crippen molar-refractivity contribution in [2.75, 3.05) is 14.2 Å². The molecule has 0 spiro atoms. The predicted molar refractivity (Wildman–Crippen MR) is 71.7 cm³/mol. The molecular formula is C16H15O3. The molecule has 0 aliphatic rings. The largest absolute Gasteiger partial charge is 0.343 e. The van der Waals surface area contributed by atoms with E-state index in [4.69, 9.17) is 9.47 Å². The minimum atomic E-state index is -1.41. The lowest BCUT2D eigenvalue weighted by Crippen LogP contribution is -2.39. The first-order chi connectivity index (χ1) is 9.24. The lowest BCUT2D eigenvalue weighted by molar-refractivity contribution is -0.176. The Kier molecular flexibility index (Phi) is 4.10. The third-order valence-corrected chi connectivity index (χ3v) is 3.01. The van der Waals surface area contributed by atoms with Crippen molar-refractivity contribution in [3.63, 3.8) is 0 Å². The standard InChI is InChI=1S/C16H15O3/c1-18-16(19-2,14-11-7-4-8-12-14)15(17)13-9-5-3-6-10-13/h4-12H,1-2H3.